The predicted octanol–water partition coefficient (Wildman–Crippen LogP) is -0.146. The van der Waals surface area contributed by atoms with Gasteiger partial charge in [-0.05, 0) is 0 Å². The average Bonchev–Trinajstić information content (AvgIpc) is 1.96. The molecule has 0 fully saturated rings. The van der Waals surface area contributed by atoms with Crippen molar-refractivity contribution in [3.63, 3.8) is 0 Å². The molecule has 0 unspecified atom stereocenters. The van der Waals surface area contributed by atoms with Crippen LogP contribution in [0.2, 0.25) is 0 Å². The zero-order valence-corrected chi connectivity index (χ0v) is 5.46. The first-order valence-electron chi connectivity index (χ1n) is 3.00. The van der Waals surface area contributed by atoms with E-state index in [0.717, 1.165) is 0 Å². The zero-order chi connectivity index (χ0) is 6.24. The van der Waals surface area contributed by atoms with Gasteiger partial charge in [0.05, 0.1) is 15.5 Å². The van der Waals surface area contributed by atoms with Crippen molar-refractivity contribution >= 4 is 15.5 Å². The van der Waals surface area contributed by atoms with E-state index in [-0.39, 0.29) is 0 Å². The van der Waals surface area contributed by atoms with E-state index >= 15 is 0 Å². The molecule has 0 nitrogen and oxygen atoms in total. The van der Waals surface area contributed by atoms with Gasteiger partial charge < -0.3 is 0 Å². The van der Waals surface area contributed by atoms with Gasteiger partial charge >= 0.3 is 0 Å². The van der Waals surface area contributed by atoms with Crippen LogP contribution >= 0.6 is 0 Å². The van der Waals surface area contributed by atoms with Gasteiger partial charge in [0, 0.05) is 0 Å². The van der Waals surface area contributed by atoms with E-state index in [2.05, 4.69) is 0 Å². The first-order valence-corrected chi connectivity index (χ1v) is 3.00. The minimum absolute atomic E-state index is 2.00. The van der Waals surface area contributed by atoms with Crippen molar-refractivity contribution in [2.24, 2.45) is 0 Å². The van der Waals surface area contributed by atoms with Crippen molar-refractivity contribution in [1.29, 1.82) is 0 Å². The number of rotatable bonds is 0. The molecular formula is C6H10B2. The molecule has 40 valence electrons. The lowest BCUT2D eigenvalue weighted by Crippen LogP contribution is -1.47. The maximum absolute atomic E-state index is 2.00. The van der Waals surface area contributed by atoms with Crippen LogP contribution in [-0.2, 0) is 0 Å². The third kappa shape index (κ3) is 3.54. The Hall–Kier alpha value is -0.650. The third-order valence-corrected chi connectivity index (χ3v) is 0.667. The lowest BCUT2D eigenvalue weighted by Gasteiger charge is -1.69. The fourth-order valence-electron chi connectivity index (χ4n) is 0.385. The summed E-state index contributed by atoms with van der Waals surface area (Å²) in [4.78, 5) is 0. The van der Waals surface area contributed by atoms with Gasteiger partial charge in [0.15, 0.2) is 0 Å². The van der Waals surface area contributed by atoms with Crippen LogP contribution in [-0.4, -0.2) is 15.5 Å². The molecule has 0 saturated heterocycles. The lowest BCUT2D eigenvalue weighted by atomic mass is 9.81. The van der Waals surface area contributed by atoms with Crippen LogP contribution in [0, 0.1) is 0 Å². The summed E-state index contributed by atoms with van der Waals surface area (Å²) >= 11 is 0. The number of hydrogen-bond acceptors (Lipinski definition) is 0. The maximum Gasteiger partial charge on any atom is 0.0643 e. The highest BCUT2D eigenvalue weighted by Gasteiger charge is 1.57. The molecule has 0 radical (unpaired) electrons. The van der Waals surface area contributed by atoms with Crippen molar-refractivity contribution in [3.05, 3.63) is 36.4 Å². The quantitative estimate of drug-likeness (QED) is 0.401. The smallest absolute Gasteiger partial charge is 0.0623 e. The summed E-state index contributed by atoms with van der Waals surface area (Å²) in [5, 5.41) is 0. The number of hydrogen-bond donors (Lipinski definition) is 0. The summed E-state index contributed by atoms with van der Waals surface area (Å²) in [5.74, 6) is 0. The lowest BCUT2D eigenvalue weighted by molar-refractivity contribution is 1.72. The largest absolute Gasteiger partial charge is 0.0643 e. The van der Waals surface area contributed by atoms with Gasteiger partial charge in [-0.3, -0.25) is 0 Å². The molecule has 0 aromatic heterocycles. The van der Waals surface area contributed by atoms with E-state index in [1.165, 1.54) is 0 Å². The normalized spacial score (nSPS) is 6.50. The van der Waals surface area contributed by atoms with Crippen LogP contribution in [0.5, 0.6) is 0 Å². The monoisotopic (exact) mass is 104 g/mol. The molecule has 0 amide bonds. The molecule has 1 aromatic rings. The zero-order valence-electron chi connectivity index (χ0n) is 5.46. The predicted molar refractivity (Wildman–Crippen MR) is 43.5 cm³/mol. The highest BCUT2D eigenvalue weighted by molar-refractivity contribution is 6.75. The summed E-state index contributed by atoms with van der Waals surface area (Å²) in [5.41, 5.74) is 0. The van der Waals surface area contributed by atoms with Crippen molar-refractivity contribution in [1.82, 2.24) is 0 Å². The summed E-state index contributed by atoms with van der Waals surface area (Å²) in [6, 6.07) is 12.0. The molecule has 0 N–H and O–H groups in total. The third-order valence-electron chi connectivity index (χ3n) is 0.667. The van der Waals surface area contributed by atoms with Gasteiger partial charge in [-0.25, -0.2) is 0 Å². The second-order valence-corrected chi connectivity index (χ2v) is 1.15. The van der Waals surface area contributed by atoms with Crippen molar-refractivity contribution < 1.29 is 0 Å². The second-order valence-electron chi connectivity index (χ2n) is 1.15. The Bertz CT molecular complexity index is 78.5. The van der Waals surface area contributed by atoms with Crippen LogP contribution < -0.4 is 0 Å². The van der Waals surface area contributed by atoms with Crippen LogP contribution in [0.4, 0.5) is 0 Å². The molecule has 0 heterocycles. The van der Waals surface area contributed by atoms with Gasteiger partial charge in [-0.2, -0.15) is 0 Å². The molecule has 0 saturated carbocycles. The minimum Gasteiger partial charge on any atom is -0.0623 e. The Labute approximate surface area is 52.7 Å². The SMILES string of the molecule is BB.c1ccccc1. The Kier molecular flexibility index (Phi) is 5.83. The molecule has 0 aliphatic rings. The minimum atomic E-state index is 2.00. The van der Waals surface area contributed by atoms with E-state index in [4.69, 9.17) is 0 Å². The molecule has 1 rings (SSSR count). The fraction of sp³-hybridized carbons (Fsp3) is 0. The number of benzene rings is 1. The van der Waals surface area contributed by atoms with E-state index in [9.17, 15) is 0 Å². The average molecular weight is 104 g/mol. The van der Waals surface area contributed by atoms with Crippen LogP contribution in [0.15, 0.2) is 36.4 Å². The summed E-state index contributed by atoms with van der Waals surface area (Å²) < 4.78 is 0. The van der Waals surface area contributed by atoms with Gasteiger partial charge in [-0.15, -0.1) is 0 Å². The molecular weight excluding hydrogens is 93.7 g/mol. The topological polar surface area (TPSA) is 0 Å². The molecule has 1 aromatic carbocycles. The Balaban J connectivity index is 0.000000222. The van der Waals surface area contributed by atoms with Crippen LogP contribution in [0.3, 0.4) is 0 Å². The molecule has 0 bridgehead atoms. The molecule has 0 aliphatic carbocycles. The van der Waals surface area contributed by atoms with Crippen molar-refractivity contribution in [2.75, 3.05) is 0 Å². The highest BCUT2D eigenvalue weighted by Crippen LogP contribution is 1.79. The molecule has 8 heavy (non-hydrogen) atoms. The Morgan fingerprint density at radius 3 is 0.750 bits per heavy atom. The summed E-state index contributed by atoms with van der Waals surface area (Å²) in [6.07, 6.45) is 0. The maximum atomic E-state index is 2.00. The van der Waals surface area contributed by atoms with Gasteiger partial charge in [-0.1, -0.05) is 36.4 Å². The van der Waals surface area contributed by atoms with E-state index in [1.807, 2.05) is 51.9 Å². The van der Waals surface area contributed by atoms with Crippen molar-refractivity contribution in [3.8, 4) is 0 Å². The molecule has 0 atom stereocenters. The van der Waals surface area contributed by atoms with Gasteiger partial charge in [0.2, 0.25) is 0 Å². The summed E-state index contributed by atoms with van der Waals surface area (Å²) in [6.45, 7) is 0. The fourth-order valence-corrected chi connectivity index (χ4v) is 0.385. The van der Waals surface area contributed by atoms with E-state index in [0.29, 0.717) is 0 Å². The first-order chi connectivity index (χ1) is 4.00. The van der Waals surface area contributed by atoms with Gasteiger partial charge in [0.1, 0.15) is 0 Å². The molecule has 2 heteroatoms. The molecule has 0 spiro atoms. The van der Waals surface area contributed by atoms with Gasteiger partial charge in [0.25, 0.3) is 0 Å². The van der Waals surface area contributed by atoms with E-state index < -0.39 is 0 Å². The van der Waals surface area contributed by atoms with Crippen LogP contribution in [0.25, 0.3) is 0 Å². The Morgan fingerprint density at radius 1 is 0.500 bits per heavy atom. The summed E-state index contributed by atoms with van der Waals surface area (Å²) in [7, 11) is 4.00. The Morgan fingerprint density at radius 2 is 0.625 bits per heavy atom. The standard InChI is InChI=1S/C6H6.B2H4/c1-2-4-6-5-3-1;1-2/h1-6H;1-2H2. The van der Waals surface area contributed by atoms with E-state index in [1.54, 1.807) is 0 Å². The first kappa shape index (κ1) is 7.35. The second kappa shape index (κ2) is 6.35. The highest BCUT2D eigenvalue weighted by atomic mass is 13.6. The van der Waals surface area contributed by atoms with Crippen LogP contribution in [0.1, 0.15) is 0 Å². The molecule has 0 aliphatic heterocycles. The van der Waals surface area contributed by atoms with Crippen molar-refractivity contribution in [2.45, 2.75) is 0 Å².